The van der Waals surface area contributed by atoms with Crippen LogP contribution >= 0.6 is 0 Å². The number of carbonyl (C=O) groups excluding carboxylic acids is 2. The van der Waals surface area contributed by atoms with E-state index in [1.54, 1.807) is 32.9 Å². The SMILES string of the molecule is CC(C)(C)OC(=O)NCCC(=O)c1cccc(S(=O)(=O)CC2CCCOC2)c1. The van der Waals surface area contributed by atoms with Crippen molar-refractivity contribution in [2.75, 3.05) is 25.5 Å². The smallest absolute Gasteiger partial charge is 0.407 e. The normalized spacial score (nSPS) is 17.8. The van der Waals surface area contributed by atoms with E-state index in [4.69, 9.17) is 9.47 Å². The van der Waals surface area contributed by atoms with Crippen molar-refractivity contribution >= 4 is 21.7 Å². The first-order valence-electron chi connectivity index (χ1n) is 9.47. The highest BCUT2D eigenvalue weighted by molar-refractivity contribution is 7.91. The van der Waals surface area contributed by atoms with Gasteiger partial charge in [0.15, 0.2) is 15.6 Å². The molecule has 1 aromatic carbocycles. The Kier molecular flexibility index (Phi) is 7.60. The van der Waals surface area contributed by atoms with Crippen molar-refractivity contribution in [1.82, 2.24) is 5.32 Å². The average molecular weight is 412 g/mol. The van der Waals surface area contributed by atoms with E-state index in [0.717, 1.165) is 12.8 Å². The van der Waals surface area contributed by atoms with Crippen molar-refractivity contribution in [2.45, 2.75) is 50.5 Å². The van der Waals surface area contributed by atoms with Crippen LogP contribution in [0, 0.1) is 5.92 Å². The highest BCUT2D eigenvalue weighted by Crippen LogP contribution is 2.21. The van der Waals surface area contributed by atoms with Gasteiger partial charge in [0.05, 0.1) is 17.3 Å². The fraction of sp³-hybridized carbons (Fsp3) is 0.600. The van der Waals surface area contributed by atoms with Crippen molar-refractivity contribution in [1.29, 1.82) is 0 Å². The predicted molar refractivity (Wildman–Crippen MR) is 105 cm³/mol. The number of hydrogen-bond acceptors (Lipinski definition) is 6. The first-order chi connectivity index (χ1) is 13.1. The van der Waals surface area contributed by atoms with Gasteiger partial charge in [-0.15, -0.1) is 0 Å². The minimum absolute atomic E-state index is 0.0175. The van der Waals surface area contributed by atoms with Gasteiger partial charge in [-0.1, -0.05) is 12.1 Å². The molecule has 1 heterocycles. The fourth-order valence-corrected chi connectivity index (χ4v) is 4.61. The van der Waals surface area contributed by atoms with Gasteiger partial charge in [-0.25, -0.2) is 13.2 Å². The summed E-state index contributed by atoms with van der Waals surface area (Å²) in [5.74, 6) is -0.240. The minimum atomic E-state index is -3.49. The molecule has 0 aliphatic carbocycles. The summed E-state index contributed by atoms with van der Waals surface area (Å²) < 4.78 is 35.8. The molecule has 1 atom stereocenters. The van der Waals surface area contributed by atoms with Gasteiger partial charge in [-0.2, -0.15) is 0 Å². The molecule has 28 heavy (non-hydrogen) atoms. The molecule has 0 aromatic heterocycles. The van der Waals surface area contributed by atoms with Crippen LogP contribution in [0.4, 0.5) is 4.79 Å². The minimum Gasteiger partial charge on any atom is -0.444 e. The second-order valence-electron chi connectivity index (χ2n) is 7.99. The van der Waals surface area contributed by atoms with Crippen LogP contribution in [0.5, 0.6) is 0 Å². The molecule has 1 saturated heterocycles. The number of hydrogen-bond donors (Lipinski definition) is 1. The van der Waals surface area contributed by atoms with E-state index in [2.05, 4.69) is 5.32 Å². The number of ether oxygens (including phenoxy) is 2. The largest absolute Gasteiger partial charge is 0.444 e. The summed E-state index contributed by atoms with van der Waals surface area (Å²) in [5, 5.41) is 2.52. The van der Waals surface area contributed by atoms with Gasteiger partial charge in [0.1, 0.15) is 5.60 Å². The molecule has 8 heteroatoms. The van der Waals surface area contributed by atoms with Crippen LogP contribution in [0.2, 0.25) is 0 Å². The molecular formula is C20H29NO6S. The van der Waals surface area contributed by atoms with Gasteiger partial charge in [-0.3, -0.25) is 4.79 Å². The van der Waals surface area contributed by atoms with Gasteiger partial charge in [-0.05, 0) is 51.7 Å². The van der Waals surface area contributed by atoms with Crippen LogP contribution in [0.3, 0.4) is 0 Å². The van der Waals surface area contributed by atoms with Crippen molar-refractivity contribution in [3.63, 3.8) is 0 Å². The van der Waals surface area contributed by atoms with Crippen molar-refractivity contribution < 1.29 is 27.5 Å². The zero-order chi connectivity index (χ0) is 20.8. The number of rotatable bonds is 7. The lowest BCUT2D eigenvalue weighted by Crippen LogP contribution is -2.33. The summed E-state index contributed by atoms with van der Waals surface area (Å²) in [5.41, 5.74) is -0.299. The zero-order valence-corrected chi connectivity index (χ0v) is 17.5. The summed E-state index contributed by atoms with van der Waals surface area (Å²) >= 11 is 0. The van der Waals surface area contributed by atoms with Crippen molar-refractivity contribution in [2.24, 2.45) is 5.92 Å². The maximum atomic E-state index is 12.7. The van der Waals surface area contributed by atoms with E-state index >= 15 is 0 Å². The topological polar surface area (TPSA) is 98.8 Å². The maximum absolute atomic E-state index is 12.7. The summed E-state index contributed by atoms with van der Waals surface area (Å²) in [4.78, 5) is 24.1. The quantitative estimate of drug-likeness (QED) is 0.693. The zero-order valence-electron chi connectivity index (χ0n) is 16.7. The molecule has 2 rings (SSSR count). The van der Waals surface area contributed by atoms with E-state index in [9.17, 15) is 18.0 Å². The second-order valence-corrected chi connectivity index (χ2v) is 10.0. The van der Waals surface area contributed by atoms with E-state index in [1.165, 1.54) is 12.1 Å². The first kappa shape index (κ1) is 22.4. The molecule has 1 N–H and O–H groups in total. The lowest BCUT2D eigenvalue weighted by Gasteiger charge is -2.21. The third kappa shape index (κ3) is 7.24. The number of nitrogens with one attached hydrogen (secondary N) is 1. The molecule has 1 aliphatic rings. The molecule has 7 nitrogen and oxygen atoms in total. The molecule has 1 amide bonds. The van der Waals surface area contributed by atoms with E-state index in [1.807, 2.05) is 0 Å². The van der Waals surface area contributed by atoms with Gasteiger partial charge in [0, 0.05) is 25.1 Å². The molecule has 156 valence electrons. The Hall–Kier alpha value is -1.93. The molecular weight excluding hydrogens is 382 g/mol. The molecule has 0 radical (unpaired) electrons. The highest BCUT2D eigenvalue weighted by atomic mass is 32.2. The summed E-state index contributed by atoms with van der Waals surface area (Å²) in [6, 6.07) is 6.07. The van der Waals surface area contributed by atoms with Crippen molar-refractivity contribution in [3.05, 3.63) is 29.8 Å². The van der Waals surface area contributed by atoms with Gasteiger partial charge < -0.3 is 14.8 Å². The van der Waals surface area contributed by atoms with Crippen LogP contribution in [-0.4, -0.2) is 51.4 Å². The average Bonchev–Trinajstić information content (AvgIpc) is 2.60. The van der Waals surface area contributed by atoms with Crippen LogP contribution in [-0.2, 0) is 19.3 Å². The Labute approximate surface area is 166 Å². The Morgan fingerprint density at radius 3 is 2.68 bits per heavy atom. The van der Waals surface area contributed by atoms with Gasteiger partial charge in [0.25, 0.3) is 0 Å². The Morgan fingerprint density at radius 1 is 1.29 bits per heavy atom. The van der Waals surface area contributed by atoms with E-state index < -0.39 is 21.5 Å². The highest BCUT2D eigenvalue weighted by Gasteiger charge is 2.24. The predicted octanol–water partition coefficient (Wildman–Crippen LogP) is 2.98. The van der Waals surface area contributed by atoms with Gasteiger partial charge in [0.2, 0.25) is 0 Å². The number of alkyl carbamates (subject to hydrolysis) is 1. The number of benzene rings is 1. The lowest BCUT2D eigenvalue weighted by atomic mass is 10.1. The number of sulfone groups is 1. The monoisotopic (exact) mass is 411 g/mol. The second kappa shape index (κ2) is 9.52. The standard InChI is InChI=1S/C20H29NO6S/c1-20(2,3)27-19(23)21-10-9-18(22)16-7-4-8-17(12-16)28(24,25)14-15-6-5-11-26-13-15/h4,7-8,12,15H,5-6,9-11,13-14H2,1-3H3,(H,21,23). The third-order valence-corrected chi connectivity index (χ3v) is 6.13. The molecule has 1 aliphatic heterocycles. The number of amides is 1. The number of Topliss-reactive ketones (excluding diaryl/α,β-unsaturated/α-hetero) is 1. The van der Waals surface area contributed by atoms with Crippen molar-refractivity contribution in [3.8, 4) is 0 Å². The van der Waals surface area contributed by atoms with E-state index in [0.29, 0.717) is 18.8 Å². The van der Waals surface area contributed by atoms with Crippen LogP contribution in [0.1, 0.15) is 50.4 Å². The Bertz CT molecular complexity index is 791. The molecule has 1 unspecified atom stereocenters. The van der Waals surface area contributed by atoms with Crippen LogP contribution < -0.4 is 5.32 Å². The fourth-order valence-electron chi connectivity index (χ4n) is 2.94. The lowest BCUT2D eigenvalue weighted by molar-refractivity contribution is 0.0527. The maximum Gasteiger partial charge on any atom is 0.407 e. The Balaban J connectivity index is 1.94. The van der Waals surface area contributed by atoms with Gasteiger partial charge >= 0.3 is 6.09 Å². The molecule has 0 saturated carbocycles. The number of carbonyl (C=O) groups is 2. The Morgan fingerprint density at radius 2 is 2.04 bits per heavy atom. The summed E-state index contributed by atoms with van der Waals surface area (Å²) in [6.07, 6.45) is 1.16. The molecule has 0 bridgehead atoms. The first-order valence-corrected chi connectivity index (χ1v) is 11.1. The van der Waals surface area contributed by atoms with Crippen LogP contribution in [0.25, 0.3) is 0 Å². The number of ketones is 1. The summed E-state index contributed by atoms with van der Waals surface area (Å²) in [7, 11) is -3.49. The summed E-state index contributed by atoms with van der Waals surface area (Å²) in [6.45, 7) is 6.51. The van der Waals surface area contributed by atoms with Crippen LogP contribution in [0.15, 0.2) is 29.2 Å². The molecule has 0 spiro atoms. The van der Waals surface area contributed by atoms with E-state index in [-0.39, 0.29) is 35.3 Å². The third-order valence-electron chi connectivity index (χ3n) is 4.25. The molecule has 1 aromatic rings. The molecule has 1 fully saturated rings.